The molecule has 1 aliphatic rings. The van der Waals surface area contributed by atoms with Crippen LogP contribution in [-0.4, -0.2) is 28.5 Å². The predicted octanol–water partition coefficient (Wildman–Crippen LogP) is 1.06. The molecule has 20 heavy (non-hydrogen) atoms. The van der Waals surface area contributed by atoms with E-state index in [2.05, 4.69) is 10.3 Å². The number of nitrogens with one attached hydrogen (secondary N) is 2. The Morgan fingerprint density at radius 2 is 2.00 bits per heavy atom. The number of aromatic nitrogens is 1. The minimum Gasteiger partial charge on any atom is -0.481 e. The molecule has 0 unspecified atom stereocenters. The summed E-state index contributed by atoms with van der Waals surface area (Å²) in [6.07, 6.45) is 2.83. The quantitative estimate of drug-likeness (QED) is 0.766. The van der Waals surface area contributed by atoms with Gasteiger partial charge < -0.3 is 15.4 Å². The van der Waals surface area contributed by atoms with E-state index in [-0.39, 0.29) is 12.1 Å². The van der Waals surface area contributed by atoms with Gasteiger partial charge in [0.15, 0.2) is 0 Å². The number of hydrogen-bond donors (Lipinski definition) is 3. The van der Waals surface area contributed by atoms with E-state index in [1.165, 1.54) is 6.07 Å². The monoisotopic (exact) mass is 278 g/mol. The van der Waals surface area contributed by atoms with Crippen molar-refractivity contribution >= 4 is 11.9 Å². The van der Waals surface area contributed by atoms with Crippen molar-refractivity contribution in [2.24, 2.45) is 5.41 Å². The van der Waals surface area contributed by atoms with Gasteiger partial charge in [-0.25, -0.2) is 0 Å². The van der Waals surface area contributed by atoms with Gasteiger partial charge in [0.05, 0.1) is 5.41 Å². The highest BCUT2D eigenvalue weighted by Gasteiger charge is 2.41. The number of carboxylic acid groups (broad SMARTS) is 1. The molecule has 0 aliphatic heterocycles. The van der Waals surface area contributed by atoms with Crippen LogP contribution in [0.2, 0.25) is 0 Å². The Balaban J connectivity index is 2.08. The van der Waals surface area contributed by atoms with Crippen LogP contribution in [0.3, 0.4) is 0 Å². The molecule has 1 amide bonds. The molecule has 108 valence electrons. The van der Waals surface area contributed by atoms with Crippen molar-refractivity contribution < 1.29 is 14.7 Å². The van der Waals surface area contributed by atoms with Crippen LogP contribution in [0.5, 0.6) is 0 Å². The number of aryl methyl sites for hydroxylation is 1. The average molecular weight is 278 g/mol. The van der Waals surface area contributed by atoms with Gasteiger partial charge in [0.25, 0.3) is 11.5 Å². The smallest absolute Gasteiger partial charge is 0.311 e. The Labute approximate surface area is 116 Å². The Hall–Kier alpha value is -2.11. The molecule has 1 saturated carbocycles. The van der Waals surface area contributed by atoms with Crippen LogP contribution in [0.15, 0.2) is 16.9 Å². The van der Waals surface area contributed by atoms with E-state index >= 15 is 0 Å². The lowest BCUT2D eigenvalue weighted by Gasteiger charge is -2.23. The third-order valence-corrected chi connectivity index (χ3v) is 3.90. The molecule has 0 radical (unpaired) electrons. The maximum absolute atomic E-state index is 12.0. The van der Waals surface area contributed by atoms with Crippen molar-refractivity contribution in [3.8, 4) is 0 Å². The minimum atomic E-state index is -0.882. The van der Waals surface area contributed by atoms with Crippen molar-refractivity contribution in [2.75, 3.05) is 6.54 Å². The summed E-state index contributed by atoms with van der Waals surface area (Å²) in [6, 6.07) is 3.09. The number of rotatable bonds is 4. The molecule has 2 rings (SSSR count). The Kier molecular flexibility index (Phi) is 3.92. The van der Waals surface area contributed by atoms with Gasteiger partial charge >= 0.3 is 5.97 Å². The van der Waals surface area contributed by atoms with Crippen LogP contribution in [0.1, 0.15) is 41.7 Å². The average Bonchev–Trinajstić information content (AvgIpc) is 2.86. The van der Waals surface area contributed by atoms with E-state index in [9.17, 15) is 19.5 Å². The van der Waals surface area contributed by atoms with Crippen LogP contribution in [0, 0.1) is 12.3 Å². The van der Waals surface area contributed by atoms with E-state index in [0.717, 1.165) is 12.8 Å². The third-order valence-electron chi connectivity index (χ3n) is 3.90. The molecule has 6 nitrogen and oxygen atoms in total. The predicted molar refractivity (Wildman–Crippen MR) is 72.7 cm³/mol. The van der Waals surface area contributed by atoms with Gasteiger partial charge in [0.1, 0.15) is 5.56 Å². The molecular formula is C14H18N2O4. The van der Waals surface area contributed by atoms with E-state index in [4.69, 9.17) is 0 Å². The standard InChI is InChI=1S/C14H18N2O4/c1-9-4-5-10(12(18)16-9)11(17)15-8-14(13(19)20)6-2-3-7-14/h4-5H,2-3,6-8H2,1H3,(H,15,17)(H,16,18)(H,19,20). The number of aromatic amines is 1. The van der Waals surface area contributed by atoms with Gasteiger partial charge in [-0.15, -0.1) is 0 Å². The van der Waals surface area contributed by atoms with Crippen LogP contribution >= 0.6 is 0 Å². The highest BCUT2D eigenvalue weighted by molar-refractivity contribution is 5.94. The van der Waals surface area contributed by atoms with Gasteiger partial charge in [-0.2, -0.15) is 0 Å². The molecular weight excluding hydrogens is 260 g/mol. The summed E-state index contributed by atoms with van der Waals surface area (Å²) in [7, 11) is 0. The van der Waals surface area contributed by atoms with E-state index < -0.39 is 22.9 Å². The first-order valence-corrected chi connectivity index (χ1v) is 6.66. The minimum absolute atomic E-state index is 0.00846. The van der Waals surface area contributed by atoms with Crippen molar-refractivity contribution in [3.05, 3.63) is 33.7 Å². The summed E-state index contributed by atoms with van der Waals surface area (Å²) in [4.78, 5) is 37.5. The maximum atomic E-state index is 12.0. The Bertz CT molecular complexity index is 585. The SMILES string of the molecule is Cc1ccc(C(=O)NCC2(C(=O)O)CCCC2)c(=O)[nH]1. The van der Waals surface area contributed by atoms with Crippen molar-refractivity contribution in [3.63, 3.8) is 0 Å². The molecule has 1 aromatic heterocycles. The Morgan fingerprint density at radius 1 is 1.35 bits per heavy atom. The highest BCUT2D eigenvalue weighted by atomic mass is 16.4. The second-order valence-electron chi connectivity index (χ2n) is 5.36. The number of aliphatic carboxylic acids is 1. The summed E-state index contributed by atoms with van der Waals surface area (Å²) in [5.74, 6) is -1.41. The molecule has 0 spiro atoms. The summed E-state index contributed by atoms with van der Waals surface area (Å²) in [5.41, 5.74) is -0.663. The topological polar surface area (TPSA) is 99.3 Å². The van der Waals surface area contributed by atoms with Gasteiger partial charge in [0, 0.05) is 12.2 Å². The van der Waals surface area contributed by atoms with E-state index in [1.807, 2.05) is 0 Å². The number of carbonyl (C=O) groups is 2. The van der Waals surface area contributed by atoms with Crippen molar-refractivity contribution in [1.29, 1.82) is 0 Å². The molecule has 0 bridgehead atoms. The zero-order valence-corrected chi connectivity index (χ0v) is 11.4. The van der Waals surface area contributed by atoms with Crippen LogP contribution in [0.25, 0.3) is 0 Å². The number of carboxylic acids is 1. The summed E-state index contributed by atoms with van der Waals surface area (Å²) >= 11 is 0. The van der Waals surface area contributed by atoms with Gasteiger partial charge in [0.2, 0.25) is 0 Å². The van der Waals surface area contributed by atoms with Crippen LogP contribution in [0.4, 0.5) is 0 Å². The molecule has 1 aromatic rings. The second kappa shape index (κ2) is 5.48. The zero-order chi connectivity index (χ0) is 14.8. The fourth-order valence-corrected chi connectivity index (χ4v) is 2.61. The van der Waals surface area contributed by atoms with Crippen LogP contribution < -0.4 is 10.9 Å². The number of hydrogen-bond acceptors (Lipinski definition) is 3. The summed E-state index contributed by atoms with van der Waals surface area (Å²) in [6.45, 7) is 1.79. The number of H-pyrrole nitrogens is 1. The molecule has 6 heteroatoms. The molecule has 1 fully saturated rings. The first-order chi connectivity index (χ1) is 9.44. The Morgan fingerprint density at radius 3 is 2.55 bits per heavy atom. The largest absolute Gasteiger partial charge is 0.481 e. The lowest BCUT2D eigenvalue weighted by atomic mass is 9.86. The van der Waals surface area contributed by atoms with Crippen molar-refractivity contribution in [2.45, 2.75) is 32.6 Å². The second-order valence-corrected chi connectivity index (χ2v) is 5.36. The summed E-state index contributed by atoms with van der Waals surface area (Å²) < 4.78 is 0. The first-order valence-electron chi connectivity index (χ1n) is 6.66. The summed E-state index contributed by atoms with van der Waals surface area (Å²) in [5, 5.41) is 11.9. The molecule has 3 N–H and O–H groups in total. The van der Waals surface area contributed by atoms with E-state index in [0.29, 0.717) is 18.5 Å². The fraction of sp³-hybridized carbons (Fsp3) is 0.500. The highest BCUT2D eigenvalue weighted by Crippen LogP contribution is 2.37. The lowest BCUT2D eigenvalue weighted by Crippen LogP contribution is -2.42. The molecule has 0 aromatic carbocycles. The molecule has 0 saturated heterocycles. The van der Waals surface area contributed by atoms with Gasteiger partial charge in [-0.3, -0.25) is 14.4 Å². The lowest BCUT2D eigenvalue weighted by molar-refractivity contribution is -0.148. The first kappa shape index (κ1) is 14.3. The number of amides is 1. The zero-order valence-electron chi connectivity index (χ0n) is 11.4. The fourth-order valence-electron chi connectivity index (χ4n) is 2.61. The third kappa shape index (κ3) is 2.74. The molecule has 1 aliphatic carbocycles. The van der Waals surface area contributed by atoms with Crippen molar-refractivity contribution in [1.82, 2.24) is 10.3 Å². The van der Waals surface area contributed by atoms with Gasteiger partial charge in [-0.05, 0) is 31.9 Å². The van der Waals surface area contributed by atoms with E-state index in [1.54, 1.807) is 13.0 Å². The number of carbonyl (C=O) groups excluding carboxylic acids is 1. The maximum Gasteiger partial charge on any atom is 0.311 e. The normalized spacial score (nSPS) is 16.9. The number of pyridine rings is 1. The molecule has 1 heterocycles. The van der Waals surface area contributed by atoms with Crippen LogP contribution in [-0.2, 0) is 4.79 Å². The molecule has 0 atom stereocenters. The van der Waals surface area contributed by atoms with Gasteiger partial charge in [-0.1, -0.05) is 12.8 Å².